The van der Waals surface area contributed by atoms with Crippen LogP contribution in [0.3, 0.4) is 0 Å². The van der Waals surface area contributed by atoms with Gasteiger partial charge >= 0.3 is 0 Å². The van der Waals surface area contributed by atoms with E-state index in [-0.39, 0.29) is 24.0 Å². The van der Waals surface area contributed by atoms with Gasteiger partial charge < -0.3 is 4.90 Å². The Bertz CT molecular complexity index is 1170. The molecule has 1 aromatic heterocycles. The molecule has 1 atom stereocenters. The molecule has 1 N–H and O–H groups in total. The van der Waals surface area contributed by atoms with Crippen LogP contribution in [0.2, 0.25) is 5.02 Å². The molecule has 4 rings (SSSR count). The second-order valence-electron chi connectivity index (χ2n) is 9.84. The lowest BCUT2D eigenvalue weighted by molar-refractivity contribution is -0.137. The minimum Gasteiger partial charge on any atom is -0.322 e. The molecule has 180 valence electrons. The number of Topliss-reactive ketones (excluding diaryl/α,β-unsaturated/α-hetero) is 1. The fraction of sp³-hybridized carbons (Fsp3) is 0.462. The predicted octanol–water partition coefficient (Wildman–Crippen LogP) is 4.63. The van der Waals surface area contributed by atoms with Gasteiger partial charge in [0.25, 0.3) is 5.91 Å². The van der Waals surface area contributed by atoms with E-state index in [4.69, 9.17) is 11.6 Å². The van der Waals surface area contributed by atoms with Gasteiger partial charge in [0.1, 0.15) is 11.8 Å². The Labute approximate surface area is 208 Å². The number of ketones is 1. The Morgan fingerprint density at radius 2 is 2.00 bits per heavy atom. The van der Waals surface area contributed by atoms with Crippen molar-refractivity contribution in [2.45, 2.75) is 71.9 Å². The normalized spacial score (nSPS) is 18.3. The Morgan fingerprint density at radius 3 is 2.71 bits per heavy atom. The van der Waals surface area contributed by atoms with E-state index in [1.807, 2.05) is 38.3 Å². The number of halogens is 1. The Morgan fingerprint density at radius 1 is 1.24 bits per heavy atom. The van der Waals surface area contributed by atoms with Crippen molar-refractivity contribution >= 4 is 46.4 Å². The zero-order valence-corrected chi connectivity index (χ0v) is 21.3. The van der Waals surface area contributed by atoms with Crippen molar-refractivity contribution in [1.82, 2.24) is 10.2 Å². The summed E-state index contributed by atoms with van der Waals surface area (Å²) in [5, 5.41) is 4.90. The number of thiophene rings is 1. The van der Waals surface area contributed by atoms with Crippen LogP contribution in [0.5, 0.6) is 0 Å². The molecule has 3 amide bonds. The number of nitrogens with zero attached hydrogens (tertiary/aromatic N) is 1. The molecular formula is C26H29ClN2O4S. The number of rotatable bonds is 8. The summed E-state index contributed by atoms with van der Waals surface area (Å²) in [6, 6.07) is 5.41. The highest BCUT2D eigenvalue weighted by molar-refractivity contribution is 7.10. The van der Waals surface area contributed by atoms with Crippen LogP contribution in [0, 0.1) is 12.3 Å². The third-order valence-corrected chi connectivity index (χ3v) is 8.49. The van der Waals surface area contributed by atoms with E-state index in [9.17, 15) is 19.2 Å². The second-order valence-corrected chi connectivity index (χ2v) is 11.2. The fourth-order valence-electron chi connectivity index (χ4n) is 4.57. The van der Waals surface area contributed by atoms with Crippen LogP contribution in [0.15, 0.2) is 23.6 Å². The molecule has 0 radical (unpaired) electrons. The Kier molecular flexibility index (Phi) is 6.97. The molecule has 2 aromatic rings. The minimum atomic E-state index is -0.619. The molecule has 8 heteroatoms. The lowest BCUT2D eigenvalue weighted by Crippen LogP contribution is -2.52. The summed E-state index contributed by atoms with van der Waals surface area (Å²) in [5.74, 6) is -0.684. The highest BCUT2D eigenvalue weighted by Crippen LogP contribution is 2.35. The summed E-state index contributed by atoms with van der Waals surface area (Å²) >= 11 is 7.74. The Hall–Kier alpha value is -2.51. The van der Waals surface area contributed by atoms with Gasteiger partial charge in [-0.1, -0.05) is 37.6 Å². The zero-order chi connectivity index (χ0) is 24.6. The highest BCUT2D eigenvalue weighted by atomic mass is 35.5. The largest absolute Gasteiger partial charge is 0.322 e. The van der Waals surface area contributed by atoms with Crippen molar-refractivity contribution in [3.8, 4) is 0 Å². The third kappa shape index (κ3) is 4.96. The molecule has 2 aliphatic heterocycles. The second kappa shape index (κ2) is 9.62. The summed E-state index contributed by atoms with van der Waals surface area (Å²) in [6.45, 7) is 6.29. The number of nitrogens with one attached hydrogen (secondary N) is 1. The van der Waals surface area contributed by atoms with Crippen molar-refractivity contribution in [2.75, 3.05) is 0 Å². The van der Waals surface area contributed by atoms with Crippen LogP contribution in [0.25, 0.3) is 0 Å². The third-order valence-electron chi connectivity index (χ3n) is 7.00. The number of amides is 3. The van der Waals surface area contributed by atoms with Crippen LogP contribution >= 0.6 is 22.9 Å². The first-order chi connectivity index (χ1) is 16.1. The van der Waals surface area contributed by atoms with Gasteiger partial charge in [-0.05, 0) is 55.4 Å². The van der Waals surface area contributed by atoms with Crippen LogP contribution in [-0.2, 0) is 33.8 Å². The van der Waals surface area contributed by atoms with Gasteiger partial charge in [0.15, 0.2) is 0 Å². The van der Waals surface area contributed by atoms with Crippen LogP contribution in [-0.4, -0.2) is 34.4 Å². The summed E-state index contributed by atoms with van der Waals surface area (Å²) in [5.41, 5.74) is 3.23. The van der Waals surface area contributed by atoms with E-state index in [0.717, 1.165) is 39.4 Å². The first-order valence-electron chi connectivity index (χ1n) is 11.6. The maximum Gasteiger partial charge on any atom is 0.256 e. The van der Waals surface area contributed by atoms with Crippen molar-refractivity contribution in [3.63, 3.8) is 0 Å². The van der Waals surface area contributed by atoms with E-state index in [1.165, 1.54) is 11.3 Å². The molecule has 1 aromatic carbocycles. The predicted molar refractivity (Wildman–Crippen MR) is 132 cm³/mol. The van der Waals surface area contributed by atoms with E-state index < -0.39 is 17.4 Å². The quantitative estimate of drug-likeness (QED) is 0.535. The number of aryl methyl sites for hydroxylation is 3. The molecule has 0 spiro atoms. The number of hydrogen-bond donors (Lipinski definition) is 1. The monoisotopic (exact) mass is 500 g/mol. The summed E-state index contributed by atoms with van der Waals surface area (Å²) in [4.78, 5) is 52.2. The van der Waals surface area contributed by atoms with Gasteiger partial charge in [-0.2, -0.15) is 0 Å². The molecule has 1 unspecified atom stereocenters. The average Bonchev–Trinajstić information content (AvgIpc) is 3.33. The molecular weight excluding hydrogens is 472 g/mol. The molecule has 1 fully saturated rings. The van der Waals surface area contributed by atoms with Crippen molar-refractivity contribution in [2.24, 2.45) is 5.41 Å². The maximum absolute atomic E-state index is 13.1. The molecule has 3 heterocycles. The molecule has 6 nitrogen and oxygen atoms in total. The van der Waals surface area contributed by atoms with E-state index in [1.54, 1.807) is 4.90 Å². The smallest absolute Gasteiger partial charge is 0.256 e. The molecule has 0 saturated carbocycles. The number of imide groups is 1. The fourth-order valence-corrected chi connectivity index (χ4v) is 5.81. The van der Waals surface area contributed by atoms with Gasteiger partial charge in [0.05, 0.1) is 5.56 Å². The number of piperidine rings is 1. The van der Waals surface area contributed by atoms with Crippen LogP contribution < -0.4 is 5.32 Å². The van der Waals surface area contributed by atoms with E-state index in [0.29, 0.717) is 31.4 Å². The SMILES string of the molecule is Cc1ccc(CCC(C)(C)C(=O)CCc2scc3c2CN(C2CCC(=O)NC2=O)C3=O)cc1Cl. The minimum absolute atomic E-state index is 0.171. The number of fused-ring (bicyclic) bond motifs is 1. The van der Waals surface area contributed by atoms with Crippen LogP contribution in [0.1, 0.15) is 71.5 Å². The highest BCUT2D eigenvalue weighted by Gasteiger charge is 2.40. The maximum atomic E-state index is 13.1. The first-order valence-corrected chi connectivity index (χ1v) is 12.8. The number of hydrogen-bond acceptors (Lipinski definition) is 5. The number of carbonyl (C=O) groups excluding carboxylic acids is 4. The topological polar surface area (TPSA) is 83.6 Å². The van der Waals surface area contributed by atoms with E-state index >= 15 is 0 Å². The zero-order valence-electron chi connectivity index (χ0n) is 19.7. The molecule has 34 heavy (non-hydrogen) atoms. The van der Waals surface area contributed by atoms with Crippen molar-refractivity contribution < 1.29 is 19.2 Å². The van der Waals surface area contributed by atoms with Gasteiger partial charge in [0, 0.05) is 40.1 Å². The standard InChI is InChI=1S/C26H29ClN2O4S/c1-15-4-5-16(12-19(15)27)10-11-26(2,3)22(30)8-7-21-17-13-29(25(33)18(17)14-34-21)20-6-9-23(31)28-24(20)32/h4-5,12,14,20H,6-11,13H2,1-3H3,(H,28,31,32). The van der Waals surface area contributed by atoms with Gasteiger partial charge in [-0.25, -0.2) is 0 Å². The van der Waals surface area contributed by atoms with Crippen LogP contribution in [0.4, 0.5) is 0 Å². The van der Waals surface area contributed by atoms with Gasteiger partial charge in [-0.15, -0.1) is 11.3 Å². The summed E-state index contributed by atoms with van der Waals surface area (Å²) in [6.07, 6.45) is 3.07. The average molecular weight is 501 g/mol. The Balaban J connectivity index is 1.36. The first kappa shape index (κ1) is 24.6. The lowest BCUT2D eigenvalue weighted by atomic mass is 9.80. The number of benzene rings is 1. The summed E-state index contributed by atoms with van der Waals surface area (Å²) in [7, 11) is 0. The molecule has 2 aliphatic rings. The summed E-state index contributed by atoms with van der Waals surface area (Å²) < 4.78 is 0. The van der Waals surface area contributed by atoms with Gasteiger partial charge in [0.2, 0.25) is 11.8 Å². The molecule has 0 bridgehead atoms. The van der Waals surface area contributed by atoms with Gasteiger partial charge in [-0.3, -0.25) is 24.5 Å². The van der Waals surface area contributed by atoms with Crippen molar-refractivity contribution in [3.05, 3.63) is 55.7 Å². The lowest BCUT2D eigenvalue weighted by Gasteiger charge is -2.29. The molecule has 0 aliphatic carbocycles. The van der Waals surface area contributed by atoms with Crippen molar-refractivity contribution in [1.29, 1.82) is 0 Å². The van der Waals surface area contributed by atoms with E-state index in [2.05, 4.69) is 11.4 Å². The number of carbonyl (C=O) groups is 4. The molecule has 1 saturated heterocycles.